The molecule has 0 aromatic carbocycles. The van der Waals surface area contributed by atoms with Crippen LogP contribution in [0.4, 0.5) is 0 Å². The summed E-state index contributed by atoms with van der Waals surface area (Å²) in [6.07, 6.45) is 6.88. The highest BCUT2D eigenvalue weighted by atomic mass is 16.2. The van der Waals surface area contributed by atoms with Crippen LogP contribution in [0.3, 0.4) is 0 Å². The standard InChI is InChI=1S/C13H26N2O/c1-3-4-12(14)13(16)15-9-11-7-5-10(2)6-8-11/h10-12H,3-9,14H2,1-2H3,(H,15,16). The molecule has 3 heteroatoms. The van der Waals surface area contributed by atoms with E-state index in [9.17, 15) is 4.79 Å². The summed E-state index contributed by atoms with van der Waals surface area (Å²) in [4.78, 5) is 11.6. The Morgan fingerprint density at radius 1 is 1.38 bits per heavy atom. The molecule has 16 heavy (non-hydrogen) atoms. The van der Waals surface area contributed by atoms with Crippen LogP contribution >= 0.6 is 0 Å². The Balaban J connectivity index is 2.16. The zero-order chi connectivity index (χ0) is 12.0. The molecule has 3 N–H and O–H groups in total. The van der Waals surface area contributed by atoms with Crippen molar-refractivity contribution >= 4 is 5.91 Å². The third-order valence-electron chi connectivity index (χ3n) is 3.64. The summed E-state index contributed by atoms with van der Waals surface area (Å²) >= 11 is 0. The minimum absolute atomic E-state index is 0.0282. The third kappa shape index (κ3) is 4.52. The van der Waals surface area contributed by atoms with Gasteiger partial charge in [0.25, 0.3) is 0 Å². The van der Waals surface area contributed by atoms with Crippen LogP contribution in [0.25, 0.3) is 0 Å². The molecule has 1 unspecified atom stereocenters. The highest BCUT2D eigenvalue weighted by Gasteiger charge is 2.19. The molecule has 0 spiro atoms. The highest BCUT2D eigenvalue weighted by Crippen LogP contribution is 2.27. The predicted octanol–water partition coefficient (Wildman–Crippen LogP) is 2.06. The minimum atomic E-state index is -0.312. The minimum Gasteiger partial charge on any atom is -0.354 e. The van der Waals surface area contributed by atoms with E-state index in [1.54, 1.807) is 0 Å². The molecule has 0 heterocycles. The van der Waals surface area contributed by atoms with Gasteiger partial charge < -0.3 is 11.1 Å². The van der Waals surface area contributed by atoms with Crippen molar-refractivity contribution in [3.8, 4) is 0 Å². The summed E-state index contributed by atoms with van der Waals surface area (Å²) in [7, 11) is 0. The monoisotopic (exact) mass is 226 g/mol. The number of amides is 1. The normalized spacial score (nSPS) is 27.4. The predicted molar refractivity (Wildman–Crippen MR) is 67.0 cm³/mol. The van der Waals surface area contributed by atoms with Gasteiger partial charge in [-0.05, 0) is 31.1 Å². The smallest absolute Gasteiger partial charge is 0.236 e. The Bertz CT molecular complexity index is 210. The van der Waals surface area contributed by atoms with Crippen molar-refractivity contribution in [2.24, 2.45) is 17.6 Å². The fourth-order valence-electron chi connectivity index (χ4n) is 2.35. The Kier molecular flexibility index (Phi) is 5.81. The van der Waals surface area contributed by atoms with Crippen molar-refractivity contribution in [1.29, 1.82) is 0 Å². The first-order valence-corrected chi connectivity index (χ1v) is 6.66. The number of rotatable bonds is 5. The van der Waals surface area contributed by atoms with Gasteiger partial charge in [0.2, 0.25) is 5.91 Å². The molecule has 94 valence electrons. The molecule has 0 radical (unpaired) electrons. The number of nitrogens with one attached hydrogen (secondary N) is 1. The molecule has 1 aliphatic carbocycles. The van der Waals surface area contributed by atoms with Gasteiger partial charge in [-0.1, -0.05) is 33.1 Å². The van der Waals surface area contributed by atoms with E-state index in [0.29, 0.717) is 5.92 Å². The molecule has 3 nitrogen and oxygen atoms in total. The lowest BCUT2D eigenvalue weighted by Crippen LogP contribution is -2.42. The highest BCUT2D eigenvalue weighted by molar-refractivity contribution is 5.81. The topological polar surface area (TPSA) is 55.1 Å². The fourth-order valence-corrected chi connectivity index (χ4v) is 2.35. The quantitative estimate of drug-likeness (QED) is 0.754. The Morgan fingerprint density at radius 3 is 2.56 bits per heavy atom. The molecule has 0 aromatic heterocycles. The third-order valence-corrected chi connectivity index (χ3v) is 3.64. The first-order chi connectivity index (χ1) is 7.63. The summed E-state index contributed by atoms with van der Waals surface area (Å²) in [6, 6.07) is -0.312. The van der Waals surface area contributed by atoms with E-state index in [-0.39, 0.29) is 11.9 Å². The van der Waals surface area contributed by atoms with Crippen LogP contribution in [0.5, 0.6) is 0 Å². The van der Waals surface area contributed by atoms with Gasteiger partial charge in [-0.25, -0.2) is 0 Å². The largest absolute Gasteiger partial charge is 0.354 e. The Hall–Kier alpha value is -0.570. The van der Waals surface area contributed by atoms with Gasteiger partial charge in [0.05, 0.1) is 6.04 Å². The summed E-state index contributed by atoms with van der Waals surface area (Å²) in [5, 5.41) is 2.99. The van der Waals surface area contributed by atoms with Crippen LogP contribution in [0.15, 0.2) is 0 Å². The zero-order valence-electron chi connectivity index (χ0n) is 10.7. The lowest BCUT2D eigenvalue weighted by molar-refractivity contribution is -0.122. The van der Waals surface area contributed by atoms with Gasteiger partial charge in [0, 0.05) is 6.54 Å². The van der Waals surface area contributed by atoms with Crippen LogP contribution in [0, 0.1) is 11.8 Å². The van der Waals surface area contributed by atoms with E-state index in [1.807, 2.05) is 0 Å². The Morgan fingerprint density at radius 2 is 2.00 bits per heavy atom. The van der Waals surface area contributed by atoms with E-state index in [0.717, 1.165) is 25.3 Å². The molecule has 1 amide bonds. The van der Waals surface area contributed by atoms with Gasteiger partial charge in [-0.3, -0.25) is 4.79 Å². The van der Waals surface area contributed by atoms with Crippen LogP contribution in [0.1, 0.15) is 52.4 Å². The molecular weight excluding hydrogens is 200 g/mol. The van der Waals surface area contributed by atoms with Gasteiger partial charge in [-0.2, -0.15) is 0 Å². The number of hydrogen-bond donors (Lipinski definition) is 2. The maximum absolute atomic E-state index is 11.6. The molecule has 1 aliphatic rings. The van der Waals surface area contributed by atoms with Crippen molar-refractivity contribution in [3.63, 3.8) is 0 Å². The first kappa shape index (κ1) is 13.5. The number of carbonyl (C=O) groups excluding carboxylic acids is 1. The summed E-state index contributed by atoms with van der Waals surface area (Å²) in [5.74, 6) is 1.57. The molecule has 1 fully saturated rings. The number of nitrogens with two attached hydrogens (primary N) is 1. The molecule has 0 aliphatic heterocycles. The maximum Gasteiger partial charge on any atom is 0.236 e. The summed E-state index contributed by atoms with van der Waals surface area (Å²) in [5.41, 5.74) is 5.75. The van der Waals surface area contributed by atoms with E-state index in [4.69, 9.17) is 5.73 Å². The molecule has 0 saturated heterocycles. The van der Waals surface area contributed by atoms with Crippen molar-refractivity contribution in [2.75, 3.05) is 6.54 Å². The van der Waals surface area contributed by atoms with Crippen molar-refractivity contribution < 1.29 is 4.79 Å². The Labute approximate surface area is 99.2 Å². The van der Waals surface area contributed by atoms with Crippen LogP contribution in [-0.4, -0.2) is 18.5 Å². The molecule has 1 atom stereocenters. The summed E-state index contributed by atoms with van der Waals surface area (Å²) in [6.45, 7) is 5.19. The molecule has 1 saturated carbocycles. The molecule has 0 bridgehead atoms. The number of hydrogen-bond acceptors (Lipinski definition) is 2. The zero-order valence-corrected chi connectivity index (χ0v) is 10.7. The SMILES string of the molecule is CCCC(N)C(=O)NCC1CCC(C)CC1. The second-order valence-corrected chi connectivity index (χ2v) is 5.27. The van der Waals surface area contributed by atoms with Gasteiger partial charge in [-0.15, -0.1) is 0 Å². The van der Waals surface area contributed by atoms with Gasteiger partial charge >= 0.3 is 0 Å². The van der Waals surface area contributed by atoms with Gasteiger partial charge in [0.15, 0.2) is 0 Å². The first-order valence-electron chi connectivity index (χ1n) is 6.66. The maximum atomic E-state index is 11.6. The van der Waals surface area contributed by atoms with Crippen LogP contribution < -0.4 is 11.1 Å². The van der Waals surface area contributed by atoms with E-state index in [2.05, 4.69) is 19.2 Å². The second-order valence-electron chi connectivity index (χ2n) is 5.27. The molecule has 0 aromatic rings. The molecule has 1 rings (SSSR count). The van der Waals surface area contributed by atoms with Gasteiger partial charge in [0.1, 0.15) is 0 Å². The lowest BCUT2D eigenvalue weighted by Gasteiger charge is -2.26. The fraction of sp³-hybridized carbons (Fsp3) is 0.923. The molecular formula is C13H26N2O. The average molecular weight is 226 g/mol. The average Bonchev–Trinajstić information content (AvgIpc) is 2.28. The second kappa shape index (κ2) is 6.89. The number of carbonyl (C=O) groups is 1. The lowest BCUT2D eigenvalue weighted by atomic mass is 9.83. The van der Waals surface area contributed by atoms with E-state index < -0.39 is 0 Å². The van der Waals surface area contributed by atoms with Crippen molar-refractivity contribution in [1.82, 2.24) is 5.32 Å². The van der Waals surface area contributed by atoms with Crippen molar-refractivity contribution in [2.45, 2.75) is 58.4 Å². The van der Waals surface area contributed by atoms with E-state index in [1.165, 1.54) is 25.7 Å². The van der Waals surface area contributed by atoms with Crippen LogP contribution in [0.2, 0.25) is 0 Å². The summed E-state index contributed by atoms with van der Waals surface area (Å²) < 4.78 is 0. The van der Waals surface area contributed by atoms with Crippen LogP contribution in [-0.2, 0) is 4.79 Å². The van der Waals surface area contributed by atoms with E-state index >= 15 is 0 Å². The van der Waals surface area contributed by atoms with Crippen molar-refractivity contribution in [3.05, 3.63) is 0 Å².